The normalized spacial score (nSPS) is 15.0. The molecule has 21 heavy (non-hydrogen) atoms. The number of nitrogens with zero attached hydrogens (tertiary/aromatic N) is 2. The van der Waals surface area contributed by atoms with Gasteiger partial charge in [-0.25, -0.2) is 4.98 Å². The smallest absolute Gasteiger partial charge is 0.161 e. The average molecular weight is 287 g/mol. The number of benzene rings is 1. The van der Waals surface area contributed by atoms with Crippen molar-refractivity contribution in [1.29, 1.82) is 0 Å². The maximum absolute atomic E-state index is 6.34. The van der Waals surface area contributed by atoms with Crippen molar-refractivity contribution in [3.63, 3.8) is 0 Å². The SMILES string of the molecule is CCCc1nccn1CC(N)c1ccc2c(c1)OCCO2. The zero-order valence-electron chi connectivity index (χ0n) is 12.3. The molecule has 0 aliphatic carbocycles. The molecule has 1 aliphatic rings. The summed E-state index contributed by atoms with van der Waals surface area (Å²) in [6, 6.07) is 5.83. The largest absolute Gasteiger partial charge is 0.486 e. The van der Waals surface area contributed by atoms with Gasteiger partial charge in [-0.1, -0.05) is 13.0 Å². The predicted molar refractivity (Wildman–Crippen MR) is 80.6 cm³/mol. The molecule has 0 amide bonds. The molecule has 5 heteroatoms. The summed E-state index contributed by atoms with van der Waals surface area (Å²) in [5.41, 5.74) is 7.39. The quantitative estimate of drug-likeness (QED) is 0.916. The highest BCUT2D eigenvalue weighted by Gasteiger charge is 2.15. The van der Waals surface area contributed by atoms with E-state index in [1.165, 1.54) is 0 Å². The Morgan fingerprint density at radius 1 is 1.29 bits per heavy atom. The van der Waals surface area contributed by atoms with Crippen molar-refractivity contribution in [2.24, 2.45) is 5.73 Å². The molecule has 112 valence electrons. The lowest BCUT2D eigenvalue weighted by Gasteiger charge is -2.21. The van der Waals surface area contributed by atoms with Gasteiger partial charge in [0.15, 0.2) is 11.5 Å². The minimum Gasteiger partial charge on any atom is -0.486 e. The van der Waals surface area contributed by atoms with Crippen LogP contribution in [0.4, 0.5) is 0 Å². The van der Waals surface area contributed by atoms with Gasteiger partial charge < -0.3 is 19.8 Å². The first-order valence-electron chi connectivity index (χ1n) is 7.43. The Morgan fingerprint density at radius 2 is 2.10 bits per heavy atom. The standard InChI is InChI=1S/C16H21N3O2/c1-2-3-16-18-6-7-19(16)11-13(17)12-4-5-14-15(10-12)21-9-8-20-14/h4-7,10,13H,2-3,8-9,11,17H2,1H3. The molecule has 1 unspecified atom stereocenters. The van der Waals surface area contributed by atoms with E-state index >= 15 is 0 Å². The first-order chi connectivity index (χ1) is 10.3. The van der Waals surface area contributed by atoms with Crippen LogP contribution >= 0.6 is 0 Å². The van der Waals surface area contributed by atoms with Crippen molar-refractivity contribution in [3.8, 4) is 11.5 Å². The zero-order chi connectivity index (χ0) is 14.7. The summed E-state index contributed by atoms with van der Waals surface area (Å²) in [5.74, 6) is 2.67. The molecule has 0 saturated heterocycles. The van der Waals surface area contributed by atoms with Crippen molar-refractivity contribution in [2.75, 3.05) is 13.2 Å². The molecule has 1 aromatic carbocycles. The first kappa shape index (κ1) is 13.9. The summed E-state index contributed by atoms with van der Waals surface area (Å²) < 4.78 is 13.3. The maximum Gasteiger partial charge on any atom is 0.161 e. The molecule has 0 saturated carbocycles. The molecular formula is C16H21N3O2. The number of ether oxygens (including phenoxy) is 2. The van der Waals surface area contributed by atoms with E-state index < -0.39 is 0 Å². The summed E-state index contributed by atoms with van der Waals surface area (Å²) in [6.45, 7) is 4.07. The third-order valence-corrected chi connectivity index (χ3v) is 3.66. The Morgan fingerprint density at radius 3 is 2.90 bits per heavy atom. The average Bonchev–Trinajstić information content (AvgIpc) is 2.94. The Kier molecular flexibility index (Phi) is 4.10. The van der Waals surface area contributed by atoms with Crippen LogP contribution in [0.5, 0.6) is 11.5 Å². The Hall–Kier alpha value is -2.01. The number of rotatable bonds is 5. The van der Waals surface area contributed by atoms with E-state index in [2.05, 4.69) is 16.5 Å². The number of hydrogen-bond acceptors (Lipinski definition) is 4. The van der Waals surface area contributed by atoms with Crippen LogP contribution in [0.1, 0.15) is 30.8 Å². The van der Waals surface area contributed by atoms with Gasteiger partial charge in [0.1, 0.15) is 19.0 Å². The minimum atomic E-state index is -0.0920. The molecule has 1 atom stereocenters. The van der Waals surface area contributed by atoms with Crippen molar-refractivity contribution in [3.05, 3.63) is 42.0 Å². The molecule has 2 heterocycles. The van der Waals surface area contributed by atoms with Gasteiger partial charge in [-0.3, -0.25) is 0 Å². The lowest BCUT2D eigenvalue weighted by Crippen LogP contribution is -2.20. The van der Waals surface area contributed by atoms with Gasteiger partial charge in [-0.15, -0.1) is 0 Å². The van der Waals surface area contributed by atoms with Gasteiger partial charge >= 0.3 is 0 Å². The summed E-state index contributed by atoms with van der Waals surface area (Å²) >= 11 is 0. The van der Waals surface area contributed by atoms with E-state index in [4.69, 9.17) is 15.2 Å². The van der Waals surface area contributed by atoms with Gasteiger partial charge in [0, 0.05) is 31.4 Å². The van der Waals surface area contributed by atoms with E-state index in [0.29, 0.717) is 13.2 Å². The summed E-state index contributed by atoms with van der Waals surface area (Å²) in [5, 5.41) is 0. The van der Waals surface area contributed by atoms with E-state index in [-0.39, 0.29) is 6.04 Å². The second kappa shape index (κ2) is 6.18. The van der Waals surface area contributed by atoms with Gasteiger partial charge in [0.05, 0.1) is 0 Å². The fraction of sp³-hybridized carbons (Fsp3) is 0.438. The van der Waals surface area contributed by atoms with Gasteiger partial charge in [-0.2, -0.15) is 0 Å². The zero-order valence-corrected chi connectivity index (χ0v) is 12.3. The fourth-order valence-corrected chi connectivity index (χ4v) is 2.57. The third-order valence-electron chi connectivity index (χ3n) is 3.66. The van der Waals surface area contributed by atoms with Crippen LogP contribution in [-0.2, 0) is 13.0 Å². The summed E-state index contributed by atoms with van der Waals surface area (Å²) in [4.78, 5) is 4.39. The van der Waals surface area contributed by atoms with Crippen LogP contribution < -0.4 is 15.2 Å². The van der Waals surface area contributed by atoms with Crippen molar-refractivity contribution < 1.29 is 9.47 Å². The van der Waals surface area contributed by atoms with E-state index in [0.717, 1.165) is 42.3 Å². The number of hydrogen-bond donors (Lipinski definition) is 1. The van der Waals surface area contributed by atoms with Crippen LogP contribution in [0.25, 0.3) is 0 Å². The number of fused-ring (bicyclic) bond motifs is 1. The first-order valence-corrected chi connectivity index (χ1v) is 7.43. The number of aryl methyl sites for hydroxylation is 1. The predicted octanol–water partition coefficient (Wildman–Crippen LogP) is 2.31. The molecule has 2 aromatic rings. The molecule has 1 aliphatic heterocycles. The highest BCUT2D eigenvalue weighted by molar-refractivity contribution is 5.44. The van der Waals surface area contributed by atoms with Crippen LogP contribution in [0.15, 0.2) is 30.6 Å². The Balaban J connectivity index is 1.75. The molecular weight excluding hydrogens is 266 g/mol. The maximum atomic E-state index is 6.34. The molecule has 1 aromatic heterocycles. The van der Waals surface area contributed by atoms with Crippen LogP contribution in [0.3, 0.4) is 0 Å². The lowest BCUT2D eigenvalue weighted by molar-refractivity contribution is 0.171. The van der Waals surface area contributed by atoms with Crippen LogP contribution in [-0.4, -0.2) is 22.8 Å². The Labute approximate surface area is 124 Å². The van der Waals surface area contributed by atoms with Gasteiger partial charge in [0.25, 0.3) is 0 Å². The van der Waals surface area contributed by atoms with Crippen LogP contribution in [0, 0.1) is 0 Å². The lowest BCUT2D eigenvalue weighted by atomic mass is 10.1. The summed E-state index contributed by atoms with van der Waals surface area (Å²) in [7, 11) is 0. The van der Waals surface area contributed by atoms with E-state index in [1.54, 1.807) is 0 Å². The molecule has 0 bridgehead atoms. The van der Waals surface area contributed by atoms with Crippen molar-refractivity contribution in [2.45, 2.75) is 32.4 Å². The molecule has 3 rings (SSSR count). The van der Waals surface area contributed by atoms with Crippen molar-refractivity contribution >= 4 is 0 Å². The molecule has 0 radical (unpaired) electrons. The fourth-order valence-electron chi connectivity index (χ4n) is 2.57. The van der Waals surface area contributed by atoms with Crippen LogP contribution in [0.2, 0.25) is 0 Å². The number of aromatic nitrogens is 2. The summed E-state index contributed by atoms with van der Waals surface area (Å²) in [6.07, 6.45) is 5.88. The van der Waals surface area contributed by atoms with Gasteiger partial charge in [-0.05, 0) is 24.1 Å². The monoisotopic (exact) mass is 287 g/mol. The molecule has 5 nitrogen and oxygen atoms in total. The number of nitrogens with two attached hydrogens (primary N) is 1. The highest BCUT2D eigenvalue weighted by Crippen LogP contribution is 2.32. The van der Waals surface area contributed by atoms with E-state index in [1.807, 2.05) is 30.6 Å². The van der Waals surface area contributed by atoms with Crippen molar-refractivity contribution in [1.82, 2.24) is 9.55 Å². The topological polar surface area (TPSA) is 62.3 Å². The molecule has 0 fully saturated rings. The molecule has 0 spiro atoms. The molecule has 2 N–H and O–H groups in total. The second-order valence-corrected chi connectivity index (χ2v) is 5.26. The van der Waals surface area contributed by atoms with Gasteiger partial charge in [0.2, 0.25) is 0 Å². The second-order valence-electron chi connectivity index (χ2n) is 5.26. The number of imidazole rings is 1. The highest BCUT2D eigenvalue weighted by atomic mass is 16.6. The van der Waals surface area contributed by atoms with E-state index in [9.17, 15) is 0 Å². The Bertz CT molecular complexity index is 609. The minimum absolute atomic E-state index is 0.0920. The third kappa shape index (κ3) is 3.03.